The van der Waals surface area contributed by atoms with Gasteiger partial charge in [0.15, 0.2) is 0 Å². The van der Waals surface area contributed by atoms with E-state index < -0.39 is 15.6 Å². The average molecular weight is 319 g/mol. The molecule has 1 aliphatic heterocycles. The molecule has 1 aromatic heterocycles. The number of hydrogen-bond acceptors (Lipinski definition) is 5. The van der Waals surface area contributed by atoms with E-state index in [1.807, 2.05) is 11.4 Å². The maximum atomic E-state index is 12.1. The Bertz CT molecular complexity index is 504. The van der Waals surface area contributed by atoms with Crippen LogP contribution in [0.3, 0.4) is 0 Å². The van der Waals surface area contributed by atoms with E-state index in [1.54, 1.807) is 13.0 Å². The zero-order chi connectivity index (χ0) is 14.6. The first-order chi connectivity index (χ1) is 9.39. The Labute approximate surface area is 124 Å². The Kier molecular flexibility index (Phi) is 5.19. The highest BCUT2D eigenvalue weighted by Gasteiger charge is 2.28. The van der Waals surface area contributed by atoms with Crippen LogP contribution in [0.5, 0.6) is 0 Å². The Morgan fingerprint density at radius 2 is 2.20 bits per heavy atom. The van der Waals surface area contributed by atoms with Crippen molar-refractivity contribution in [2.24, 2.45) is 5.92 Å². The number of sulfonamides is 1. The van der Waals surface area contributed by atoms with Crippen molar-refractivity contribution in [1.29, 1.82) is 0 Å². The monoisotopic (exact) mass is 319 g/mol. The van der Waals surface area contributed by atoms with Crippen LogP contribution < -0.4 is 4.72 Å². The zero-order valence-corrected chi connectivity index (χ0v) is 13.2. The van der Waals surface area contributed by atoms with Gasteiger partial charge in [0.2, 0.25) is 10.0 Å². The summed E-state index contributed by atoms with van der Waals surface area (Å²) in [5.74, 6) is 0.254. The standard InChI is InChI=1S/C13H21NO4S2/c1-13(15,12-3-2-8-19-12)10-14-20(16,17)9-11-4-6-18-7-5-11/h2-3,8,11,14-15H,4-7,9-10H2,1H3/t13-/m0/s1. The second kappa shape index (κ2) is 6.53. The van der Waals surface area contributed by atoms with E-state index in [0.717, 1.165) is 17.7 Å². The summed E-state index contributed by atoms with van der Waals surface area (Å²) in [5, 5.41) is 12.2. The minimum atomic E-state index is -3.37. The van der Waals surface area contributed by atoms with Gasteiger partial charge in [-0.2, -0.15) is 0 Å². The fraction of sp³-hybridized carbons (Fsp3) is 0.692. The third kappa shape index (κ3) is 4.53. The minimum absolute atomic E-state index is 0.000926. The molecule has 7 heteroatoms. The van der Waals surface area contributed by atoms with Crippen molar-refractivity contribution in [1.82, 2.24) is 4.72 Å². The van der Waals surface area contributed by atoms with E-state index in [1.165, 1.54) is 11.3 Å². The molecule has 0 saturated carbocycles. The lowest BCUT2D eigenvalue weighted by Crippen LogP contribution is -2.40. The van der Waals surface area contributed by atoms with Gasteiger partial charge in [-0.05, 0) is 37.1 Å². The van der Waals surface area contributed by atoms with Gasteiger partial charge in [0.1, 0.15) is 5.60 Å². The summed E-state index contributed by atoms with van der Waals surface area (Å²) in [6.07, 6.45) is 1.56. The molecule has 20 heavy (non-hydrogen) atoms. The molecule has 0 radical (unpaired) electrons. The molecular formula is C13H21NO4S2. The van der Waals surface area contributed by atoms with Crippen LogP contribution in [0, 0.1) is 5.92 Å². The number of aliphatic hydroxyl groups is 1. The highest BCUT2D eigenvalue weighted by molar-refractivity contribution is 7.89. The summed E-state index contributed by atoms with van der Waals surface area (Å²) in [5.41, 5.74) is -1.17. The van der Waals surface area contributed by atoms with Gasteiger partial charge in [-0.1, -0.05) is 6.07 Å². The van der Waals surface area contributed by atoms with Crippen molar-refractivity contribution < 1.29 is 18.3 Å². The highest BCUT2D eigenvalue weighted by Crippen LogP contribution is 2.25. The maximum Gasteiger partial charge on any atom is 0.211 e. The second-order valence-electron chi connectivity index (χ2n) is 5.41. The molecule has 1 aliphatic rings. The number of ether oxygens (including phenoxy) is 1. The number of hydrogen-bond donors (Lipinski definition) is 2. The van der Waals surface area contributed by atoms with Crippen LogP contribution in [0.1, 0.15) is 24.6 Å². The van der Waals surface area contributed by atoms with Gasteiger partial charge in [-0.3, -0.25) is 0 Å². The van der Waals surface area contributed by atoms with Crippen LogP contribution in [0.15, 0.2) is 17.5 Å². The summed E-state index contributed by atoms with van der Waals surface area (Å²) in [4.78, 5) is 0.756. The second-order valence-corrected chi connectivity index (χ2v) is 8.21. The van der Waals surface area contributed by atoms with Gasteiger partial charge >= 0.3 is 0 Å². The van der Waals surface area contributed by atoms with Gasteiger partial charge in [-0.15, -0.1) is 11.3 Å². The minimum Gasteiger partial charge on any atom is -0.383 e. The summed E-state index contributed by atoms with van der Waals surface area (Å²) in [6, 6.07) is 3.64. The molecule has 2 N–H and O–H groups in total. The van der Waals surface area contributed by atoms with Crippen LogP contribution in [0.4, 0.5) is 0 Å². The molecule has 1 fully saturated rings. The molecule has 1 saturated heterocycles. The van der Waals surface area contributed by atoms with Gasteiger partial charge < -0.3 is 9.84 Å². The molecule has 0 aliphatic carbocycles. The first-order valence-electron chi connectivity index (χ1n) is 6.70. The molecule has 114 valence electrons. The molecule has 1 aromatic rings. The molecule has 5 nitrogen and oxygen atoms in total. The molecule has 2 rings (SSSR count). The molecule has 0 aromatic carbocycles. The Morgan fingerprint density at radius 3 is 2.80 bits per heavy atom. The van der Waals surface area contributed by atoms with E-state index in [4.69, 9.17) is 4.74 Å². The quantitative estimate of drug-likeness (QED) is 0.829. The molecule has 1 atom stereocenters. The lowest BCUT2D eigenvalue weighted by atomic mass is 10.0. The smallest absolute Gasteiger partial charge is 0.211 e. The number of rotatable bonds is 6. The van der Waals surface area contributed by atoms with Crippen molar-refractivity contribution in [3.63, 3.8) is 0 Å². The molecule has 0 spiro atoms. The summed E-state index contributed by atoms with van der Waals surface area (Å²) in [6.45, 7) is 2.88. The van der Waals surface area contributed by atoms with E-state index in [2.05, 4.69) is 4.72 Å². The molecule has 0 bridgehead atoms. The van der Waals surface area contributed by atoms with Crippen LogP contribution in [-0.4, -0.2) is 39.0 Å². The van der Waals surface area contributed by atoms with Crippen LogP contribution in [0.2, 0.25) is 0 Å². The predicted molar refractivity (Wildman–Crippen MR) is 79.2 cm³/mol. The zero-order valence-electron chi connectivity index (χ0n) is 11.5. The summed E-state index contributed by atoms with van der Waals surface area (Å²) >= 11 is 1.41. The summed E-state index contributed by atoms with van der Waals surface area (Å²) < 4.78 is 31.9. The fourth-order valence-electron chi connectivity index (χ4n) is 2.20. The topological polar surface area (TPSA) is 75.6 Å². The fourth-order valence-corrected chi connectivity index (χ4v) is 4.56. The lowest BCUT2D eigenvalue weighted by Gasteiger charge is -2.25. The van der Waals surface area contributed by atoms with Crippen molar-refractivity contribution in [2.45, 2.75) is 25.4 Å². The van der Waals surface area contributed by atoms with Gasteiger partial charge in [0, 0.05) is 24.6 Å². The number of nitrogens with one attached hydrogen (secondary N) is 1. The van der Waals surface area contributed by atoms with E-state index in [0.29, 0.717) is 13.2 Å². The van der Waals surface area contributed by atoms with Crippen LogP contribution in [-0.2, 0) is 20.4 Å². The SMILES string of the molecule is C[C@](O)(CNS(=O)(=O)CC1CCOCC1)c1cccs1. The van der Waals surface area contributed by atoms with Crippen molar-refractivity contribution in [2.75, 3.05) is 25.5 Å². The van der Waals surface area contributed by atoms with Crippen LogP contribution in [0.25, 0.3) is 0 Å². The van der Waals surface area contributed by atoms with Crippen molar-refractivity contribution in [3.8, 4) is 0 Å². The Morgan fingerprint density at radius 1 is 1.50 bits per heavy atom. The first kappa shape index (κ1) is 15.9. The van der Waals surface area contributed by atoms with E-state index >= 15 is 0 Å². The molecule has 2 heterocycles. The molecule has 0 unspecified atom stereocenters. The van der Waals surface area contributed by atoms with Crippen molar-refractivity contribution in [3.05, 3.63) is 22.4 Å². The Hall–Kier alpha value is -0.470. The largest absolute Gasteiger partial charge is 0.383 e. The average Bonchev–Trinajstić information content (AvgIpc) is 2.92. The number of thiophene rings is 1. The highest BCUT2D eigenvalue weighted by atomic mass is 32.2. The van der Waals surface area contributed by atoms with Crippen LogP contribution >= 0.6 is 11.3 Å². The van der Waals surface area contributed by atoms with E-state index in [-0.39, 0.29) is 18.2 Å². The molecular weight excluding hydrogens is 298 g/mol. The van der Waals surface area contributed by atoms with E-state index in [9.17, 15) is 13.5 Å². The van der Waals surface area contributed by atoms with Gasteiger partial charge in [-0.25, -0.2) is 13.1 Å². The van der Waals surface area contributed by atoms with Gasteiger partial charge in [0.25, 0.3) is 0 Å². The summed E-state index contributed by atoms with van der Waals surface area (Å²) in [7, 11) is -3.37. The van der Waals surface area contributed by atoms with Crippen molar-refractivity contribution >= 4 is 21.4 Å². The van der Waals surface area contributed by atoms with Gasteiger partial charge in [0.05, 0.1) is 5.75 Å². The third-order valence-electron chi connectivity index (χ3n) is 3.48. The maximum absolute atomic E-state index is 12.1. The predicted octanol–water partition coefficient (Wildman–Crippen LogP) is 1.30. The molecule has 0 amide bonds. The first-order valence-corrected chi connectivity index (χ1v) is 9.24. The lowest BCUT2D eigenvalue weighted by molar-refractivity contribution is 0.0656. The Balaban J connectivity index is 1.88. The third-order valence-corrected chi connectivity index (χ3v) is 6.10. The normalized spacial score (nSPS) is 20.7.